The van der Waals surface area contributed by atoms with Gasteiger partial charge >= 0.3 is 0 Å². The number of aromatic nitrogens is 2. The minimum Gasteiger partial charge on any atom is -0.383 e. The lowest BCUT2D eigenvalue weighted by Gasteiger charge is -2.20. The first-order valence-corrected chi connectivity index (χ1v) is 8.08. The summed E-state index contributed by atoms with van der Waals surface area (Å²) in [5.41, 5.74) is 1.05. The van der Waals surface area contributed by atoms with Gasteiger partial charge in [-0.1, -0.05) is 15.9 Å². The van der Waals surface area contributed by atoms with Gasteiger partial charge in [0, 0.05) is 25.5 Å². The number of methoxy groups -OCH3 is 1. The van der Waals surface area contributed by atoms with Crippen LogP contribution >= 0.6 is 15.9 Å². The number of ether oxygens (including phenoxy) is 1. The lowest BCUT2D eigenvalue weighted by atomic mass is 10.4. The summed E-state index contributed by atoms with van der Waals surface area (Å²) in [6, 6.07) is 0. The second-order valence-corrected chi connectivity index (χ2v) is 6.52. The molecule has 0 radical (unpaired) electrons. The molecule has 0 aliphatic carbocycles. The van der Waals surface area contributed by atoms with Gasteiger partial charge in [-0.2, -0.15) is 9.40 Å². The largest absolute Gasteiger partial charge is 0.383 e. The second-order valence-electron chi connectivity index (χ2n) is 3.85. The fraction of sp³-hybridized carbons (Fsp3) is 0.700. The van der Waals surface area contributed by atoms with Crippen LogP contribution in [0.25, 0.3) is 0 Å². The van der Waals surface area contributed by atoms with Crippen molar-refractivity contribution in [3.8, 4) is 0 Å². The van der Waals surface area contributed by atoms with E-state index in [4.69, 9.17) is 4.74 Å². The maximum Gasteiger partial charge on any atom is 0.246 e. The Labute approximate surface area is 116 Å². The molecule has 0 unspecified atom stereocenters. The Balaban J connectivity index is 3.09. The fourth-order valence-electron chi connectivity index (χ4n) is 1.69. The van der Waals surface area contributed by atoms with Gasteiger partial charge in [0.05, 0.1) is 18.0 Å². The normalized spacial score (nSPS) is 12.3. The van der Waals surface area contributed by atoms with E-state index in [-0.39, 0.29) is 4.90 Å². The Morgan fingerprint density at radius 2 is 2.06 bits per heavy atom. The lowest BCUT2D eigenvalue weighted by molar-refractivity contribution is 0.180. The van der Waals surface area contributed by atoms with Crippen LogP contribution in [0.4, 0.5) is 0 Å². The Bertz CT molecular complexity index is 467. The molecular weight excluding hydrogens is 322 g/mol. The van der Waals surface area contributed by atoms with E-state index in [9.17, 15) is 8.42 Å². The van der Waals surface area contributed by atoms with E-state index in [2.05, 4.69) is 26.1 Å². The van der Waals surface area contributed by atoms with Crippen molar-refractivity contribution < 1.29 is 13.2 Å². The number of aromatic amines is 1. The third-order valence-corrected chi connectivity index (χ3v) is 5.05. The molecule has 0 fully saturated rings. The number of nitrogens with one attached hydrogen (secondary N) is 1. The molecule has 18 heavy (non-hydrogen) atoms. The van der Waals surface area contributed by atoms with Crippen molar-refractivity contribution in [3.63, 3.8) is 0 Å². The molecule has 0 aliphatic heterocycles. The van der Waals surface area contributed by atoms with Crippen molar-refractivity contribution in [3.05, 3.63) is 11.4 Å². The Kier molecular flexibility index (Phi) is 5.77. The van der Waals surface area contributed by atoms with Gasteiger partial charge in [-0.3, -0.25) is 5.10 Å². The highest BCUT2D eigenvalue weighted by Gasteiger charge is 2.28. The molecule has 8 heteroatoms. The van der Waals surface area contributed by atoms with Crippen LogP contribution in [0.1, 0.15) is 11.4 Å². The summed E-state index contributed by atoms with van der Waals surface area (Å²) in [4.78, 5) is 0.263. The number of H-pyrrole nitrogens is 1. The summed E-state index contributed by atoms with van der Waals surface area (Å²) in [6.07, 6.45) is 0. The monoisotopic (exact) mass is 339 g/mol. The first-order chi connectivity index (χ1) is 8.45. The minimum absolute atomic E-state index is 0.263. The van der Waals surface area contributed by atoms with Crippen LogP contribution in [0.15, 0.2) is 4.90 Å². The molecule has 1 aromatic rings. The average Bonchev–Trinajstić information content (AvgIpc) is 2.64. The van der Waals surface area contributed by atoms with Gasteiger partial charge in [0.25, 0.3) is 0 Å². The molecule has 1 N–H and O–H groups in total. The Hall–Kier alpha value is -0.440. The minimum atomic E-state index is -3.52. The van der Waals surface area contributed by atoms with Crippen LogP contribution in [-0.2, 0) is 14.8 Å². The molecule has 0 bridgehead atoms. The standard InChI is InChI=1S/C10H18BrN3O3S/c1-8-10(9(2)13-12-8)18(15,16)14(5-4-11)6-7-17-3/h4-7H2,1-3H3,(H,12,13). The molecular formula is C10H18BrN3O3S. The van der Waals surface area contributed by atoms with Crippen molar-refractivity contribution >= 4 is 26.0 Å². The van der Waals surface area contributed by atoms with Crippen LogP contribution in [0.5, 0.6) is 0 Å². The topological polar surface area (TPSA) is 75.3 Å². The molecule has 6 nitrogen and oxygen atoms in total. The average molecular weight is 340 g/mol. The summed E-state index contributed by atoms with van der Waals surface area (Å²) >= 11 is 3.26. The molecule has 0 amide bonds. The molecule has 1 aromatic heterocycles. The highest BCUT2D eigenvalue weighted by molar-refractivity contribution is 9.09. The smallest absolute Gasteiger partial charge is 0.246 e. The molecule has 0 aliphatic rings. The van der Waals surface area contributed by atoms with Crippen molar-refractivity contribution in [1.29, 1.82) is 0 Å². The van der Waals surface area contributed by atoms with E-state index in [0.717, 1.165) is 0 Å². The third-order valence-electron chi connectivity index (χ3n) is 2.54. The number of aryl methyl sites for hydroxylation is 2. The first-order valence-electron chi connectivity index (χ1n) is 5.51. The number of nitrogens with zero attached hydrogens (tertiary/aromatic N) is 2. The second kappa shape index (κ2) is 6.65. The number of alkyl halides is 1. The van der Waals surface area contributed by atoms with Crippen molar-refractivity contribution in [1.82, 2.24) is 14.5 Å². The van der Waals surface area contributed by atoms with Gasteiger partial charge in [0.2, 0.25) is 10.0 Å². The third kappa shape index (κ3) is 3.31. The van der Waals surface area contributed by atoms with Gasteiger partial charge in [-0.25, -0.2) is 8.42 Å². The van der Waals surface area contributed by atoms with Gasteiger partial charge in [-0.05, 0) is 13.8 Å². The van der Waals surface area contributed by atoms with E-state index in [1.54, 1.807) is 21.0 Å². The van der Waals surface area contributed by atoms with Crippen molar-refractivity contribution in [2.24, 2.45) is 0 Å². The molecule has 0 aromatic carbocycles. The first kappa shape index (κ1) is 15.6. The SMILES string of the molecule is COCCN(CCBr)S(=O)(=O)c1c(C)n[nH]c1C. The van der Waals surface area contributed by atoms with E-state index >= 15 is 0 Å². The number of hydrogen-bond donors (Lipinski definition) is 1. The zero-order valence-corrected chi connectivity index (χ0v) is 13.1. The molecule has 104 valence electrons. The number of halogens is 1. The van der Waals surface area contributed by atoms with Crippen LogP contribution in [-0.4, -0.2) is 55.1 Å². The van der Waals surface area contributed by atoms with Crippen molar-refractivity contribution in [2.45, 2.75) is 18.7 Å². The van der Waals surface area contributed by atoms with E-state index in [1.165, 1.54) is 4.31 Å². The number of hydrogen-bond acceptors (Lipinski definition) is 4. The predicted molar refractivity (Wildman–Crippen MR) is 72.5 cm³/mol. The highest BCUT2D eigenvalue weighted by Crippen LogP contribution is 2.21. The number of sulfonamides is 1. The van der Waals surface area contributed by atoms with E-state index in [0.29, 0.717) is 36.4 Å². The molecule has 1 heterocycles. The molecule has 0 atom stereocenters. The quantitative estimate of drug-likeness (QED) is 0.753. The zero-order chi connectivity index (χ0) is 13.8. The van der Waals surface area contributed by atoms with Gasteiger partial charge in [-0.15, -0.1) is 0 Å². The summed E-state index contributed by atoms with van der Waals surface area (Å²) < 4.78 is 31.4. The summed E-state index contributed by atoms with van der Waals surface area (Å²) in [7, 11) is -1.97. The Morgan fingerprint density at radius 1 is 1.39 bits per heavy atom. The molecule has 1 rings (SSSR count). The van der Waals surface area contributed by atoms with Gasteiger partial charge in [0.1, 0.15) is 4.90 Å². The van der Waals surface area contributed by atoms with Crippen molar-refractivity contribution in [2.75, 3.05) is 32.1 Å². The lowest BCUT2D eigenvalue weighted by Crippen LogP contribution is -2.36. The maximum absolute atomic E-state index is 12.5. The van der Waals surface area contributed by atoms with Crippen LogP contribution < -0.4 is 0 Å². The van der Waals surface area contributed by atoms with Crippen LogP contribution in [0.3, 0.4) is 0 Å². The highest BCUT2D eigenvalue weighted by atomic mass is 79.9. The summed E-state index contributed by atoms with van der Waals surface area (Å²) in [6.45, 7) is 4.47. The summed E-state index contributed by atoms with van der Waals surface area (Å²) in [5.74, 6) is 0. The van der Waals surface area contributed by atoms with E-state index in [1.807, 2.05) is 0 Å². The van der Waals surface area contributed by atoms with Gasteiger partial charge < -0.3 is 4.74 Å². The molecule has 0 saturated heterocycles. The van der Waals surface area contributed by atoms with Gasteiger partial charge in [0.15, 0.2) is 0 Å². The molecule has 0 spiro atoms. The van der Waals surface area contributed by atoms with E-state index < -0.39 is 10.0 Å². The van der Waals surface area contributed by atoms with Crippen LogP contribution in [0.2, 0.25) is 0 Å². The fourth-order valence-corrected chi connectivity index (χ4v) is 4.11. The summed E-state index contributed by atoms with van der Waals surface area (Å²) in [5, 5.41) is 7.20. The molecule has 0 saturated carbocycles. The maximum atomic E-state index is 12.5. The Morgan fingerprint density at radius 3 is 2.50 bits per heavy atom. The number of rotatable bonds is 7. The predicted octanol–water partition coefficient (Wildman–Crippen LogP) is 1.06. The zero-order valence-electron chi connectivity index (χ0n) is 10.7. The van der Waals surface area contributed by atoms with Crippen LogP contribution in [0, 0.1) is 13.8 Å².